The van der Waals surface area contributed by atoms with E-state index in [2.05, 4.69) is 4.72 Å². The second-order valence-electron chi connectivity index (χ2n) is 6.48. The smallest absolute Gasteiger partial charge is 0.208 e. The summed E-state index contributed by atoms with van der Waals surface area (Å²) in [6.45, 7) is 3.01. The average molecular weight is 358 g/mol. The van der Waals surface area contributed by atoms with Crippen molar-refractivity contribution < 1.29 is 16.8 Å². The molecule has 0 aromatic heterocycles. The predicted octanol–water partition coefficient (Wildman–Crippen LogP) is 1.55. The highest BCUT2D eigenvalue weighted by Gasteiger charge is 2.31. The Morgan fingerprint density at radius 2 is 1.78 bits per heavy atom. The molecule has 1 unspecified atom stereocenters. The monoisotopic (exact) mass is 358 g/mol. The van der Waals surface area contributed by atoms with Crippen molar-refractivity contribution in [3.63, 3.8) is 0 Å². The van der Waals surface area contributed by atoms with Crippen LogP contribution in [0.3, 0.4) is 0 Å². The minimum absolute atomic E-state index is 0.00975. The molecule has 2 aliphatic rings. The second kappa shape index (κ2) is 6.16. The number of hydrogen-bond acceptors (Lipinski definition) is 4. The predicted molar refractivity (Wildman–Crippen MR) is 86.9 cm³/mol. The maximum absolute atomic E-state index is 12.8. The van der Waals surface area contributed by atoms with Gasteiger partial charge in [-0.25, -0.2) is 21.6 Å². The summed E-state index contributed by atoms with van der Waals surface area (Å²) in [5, 5.41) is 0. The summed E-state index contributed by atoms with van der Waals surface area (Å²) in [6.07, 6.45) is 3.53. The number of benzene rings is 1. The number of piperidine rings is 1. The molecule has 0 spiro atoms. The van der Waals surface area contributed by atoms with Crippen molar-refractivity contribution in [2.75, 3.05) is 13.1 Å². The van der Waals surface area contributed by atoms with Crippen molar-refractivity contribution in [3.05, 3.63) is 24.3 Å². The van der Waals surface area contributed by atoms with Crippen LogP contribution in [0.15, 0.2) is 34.1 Å². The van der Waals surface area contributed by atoms with Gasteiger partial charge in [0.15, 0.2) is 0 Å². The van der Waals surface area contributed by atoms with E-state index in [9.17, 15) is 16.8 Å². The zero-order valence-electron chi connectivity index (χ0n) is 13.1. The Bertz CT molecular complexity index is 785. The maximum atomic E-state index is 12.8. The van der Waals surface area contributed by atoms with E-state index in [1.54, 1.807) is 0 Å². The molecule has 3 rings (SSSR count). The molecule has 1 saturated heterocycles. The van der Waals surface area contributed by atoms with Crippen LogP contribution in [-0.4, -0.2) is 40.3 Å². The normalized spacial score (nSPS) is 23.8. The van der Waals surface area contributed by atoms with E-state index in [0.29, 0.717) is 19.0 Å². The van der Waals surface area contributed by atoms with Crippen molar-refractivity contribution in [1.29, 1.82) is 0 Å². The van der Waals surface area contributed by atoms with Crippen LogP contribution in [0.1, 0.15) is 32.6 Å². The molecule has 1 aliphatic carbocycles. The summed E-state index contributed by atoms with van der Waals surface area (Å²) in [5.41, 5.74) is 0. The largest absolute Gasteiger partial charge is 0.243 e. The molecule has 2 fully saturated rings. The first-order valence-corrected chi connectivity index (χ1v) is 10.8. The Kier molecular flexibility index (Phi) is 4.52. The molecule has 1 saturated carbocycles. The van der Waals surface area contributed by atoms with Gasteiger partial charge in [0, 0.05) is 19.1 Å². The zero-order valence-corrected chi connectivity index (χ0v) is 14.7. The summed E-state index contributed by atoms with van der Waals surface area (Å²) in [5.74, 6) is 0.321. The van der Waals surface area contributed by atoms with Crippen LogP contribution in [0.4, 0.5) is 0 Å². The molecular weight excluding hydrogens is 336 g/mol. The molecule has 8 heteroatoms. The van der Waals surface area contributed by atoms with Crippen LogP contribution >= 0.6 is 0 Å². The van der Waals surface area contributed by atoms with E-state index in [1.807, 2.05) is 6.92 Å². The van der Waals surface area contributed by atoms with Gasteiger partial charge in [0.2, 0.25) is 20.0 Å². The third-order valence-corrected chi connectivity index (χ3v) is 7.65. The van der Waals surface area contributed by atoms with Gasteiger partial charge < -0.3 is 0 Å². The molecule has 1 heterocycles. The summed E-state index contributed by atoms with van der Waals surface area (Å²) in [4.78, 5) is 0.0563. The summed E-state index contributed by atoms with van der Waals surface area (Å²) < 4.78 is 54.1. The second-order valence-corrected chi connectivity index (χ2v) is 10.1. The van der Waals surface area contributed by atoms with Crippen LogP contribution in [0, 0.1) is 5.92 Å². The van der Waals surface area contributed by atoms with Gasteiger partial charge in [-0.05, 0) is 49.8 Å². The summed E-state index contributed by atoms with van der Waals surface area (Å²) in [6, 6.07) is 5.64. The van der Waals surface area contributed by atoms with Crippen LogP contribution in [0.2, 0.25) is 0 Å². The average Bonchev–Trinajstić information content (AvgIpc) is 3.31. The Hall–Kier alpha value is -0.960. The highest BCUT2D eigenvalue weighted by atomic mass is 32.2. The van der Waals surface area contributed by atoms with E-state index in [-0.39, 0.29) is 15.8 Å². The third kappa shape index (κ3) is 3.76. The lowest BCUT2D eigenvalue weighted by molar-refractivity contribution is 0.281. The molecule has 0 bridgehead atoms. The lowest BCUT2D eigenvalue weighted by Gasteiger charge is -2.30. The minimum Gasteiger partial charge on any atom is -0.208 e. The number of hydrogen-bond donors (Lipinski definition) is 1. The third-order valence-electron chi connectivity index (χ3n) is 4.27. The van der Waals surface area contributed by atoms with E-state index in [4.69, 9.17) is 0 Å². The molecule has 0 amide bonds. The Labute approximate surface area is 138 Å². The maximum Gasteiger partial charge on any atom is 0.243 e. The fraction of sp³-hybridized carbons (Fsp3) is 0.600. The molecule has 6 nitrogen and oxygen atoms in total. The molecular formula is C15H22N2O4S2. The fourth-order valence-corrected chi connectivity index (χ4v) is 5.87. The zero-order chi connectivity index (χ0) is 16.7. The van der Waals surface area contributed by atoms with Crippen LogP contribution < -0.4 is 4.72 Å². The molecule has 1 N–H and O–H groups in total. The first-order chi connectivity index (χ1) is 10.8. The van der Waals surface area contributed by atoms with Gasteiger partial charge in [0.05, 0.1) is 9.79 Å². The van der Waals surface area contributed by atoms with Crippen molar-refractivity contribution in [3.8, 4) is 0 Å². The number of sulfonamides is 2. The van der Waals surface area contributed by atoms with Crippen LogP contribution in [0.5, 0.6) is 0 Å². The SMILES string of the molecule is CC1CCCN(S(=O)(=O)c2cccc(S(=O)(=O)NC3CC3)c2)C1. The van der Waals surface area contributed by atoms with E-state index < -0.39 is 20.0 Å². The van der Waals surface area contributed by atoms with Gasteiger partial charge in [-0.1, -0.05) is 13.0 Å². The van der Waals surface area contributed by atoms with Gasteiger partial charge in [-0.15, -0.1) is 0 Å². The van der Waals surface area contributed by atoms with Gasteiger partial charge >= 0.3 is 0 Å². The lowest BCUT2D eigenvalue weighted by atomic mass is 10.0. The first kappa shape index (κ1) is 16.9. The fourth-order valence-electron chi connectivity index (χ4n) is 2.80. The molecule has 128 valence electrons. The first-order valence-electron chi connectivity index (χ1n) is 7.91. The quantitative estimate of drug-likeness (QED) is 0.865. The molecule has 1 aromatic rings. The molecule has 1 atom stereocenters. The van der Waals surface area contributed by atoms with Crippen molar-refractivity contribution >= 4 is 20.0 Å². The molecule has 23 heavy (non-hydrogen) atoms. The highest BCUT2D eigenvalue weighted by Crippen LogP contribution is 2.26. The van der Waals surface area contributed by atoms with E-state index in [1.165, 1.54) is 28.6 Å². The Morgan fingerprint density at radius 1 is 1.09 bits per heavy atom. The molecule has 1 aliphatic heterocycles. The Morgan fingerprint density at radius 3 is 2.43 bits per heavy atom. The minimum atomic E-state index is -3.65. The van der Waals surface area contributed by atoms with Crippen LogP contribution in [-0.2, 0) is 20.0 Å². The van der Waals surface area contributed by atoms with Crippen molar-refractivity contribution in [2.45, 2.75) is 48.4 Å². The highest BCUT2D eigenvalue weighted by molar-refractivity contribution is 7.90. The molecule has 0 radical (unpaired) electrons. The van der Waals surface area contributed by atoms with Gasteiger partial charge in [-0.2, -0.15) is 4.31 Å². The van der Waals surface area contributed by atoms with E-state index >= 15 is 0 Å². The number of rotatable bonds is 5. The Balaban J connectivity index is 1.89. The standard InChI is InChI=1S/C15H22N2O4S2/c1-12-4-3-9-17(11-12)23(20,21)15-6-2-5-14(10-15)22(18,19)16-13-7-8-13/h2,5-6,10,12-13,16H,3-4,7-9,11H2,1H3. The number of nitrogens with zero attached hydrogens (tertiary/aromatic N) is 1. The summed E-state index contributed by atoms with van der Waals surface area (Å²) >= 11 is 0. The van der Waals surface area contributed by atoms with Gasteiger partial charge in [0.25, 0.3) is 0 Å². The van der Waals surface area contributed by atoms with E-state index in [0.717, 1.165) is 25.7 Å². The topological polar surface area (TPSA) is 83.6 Å². The lowest BCUT2D eigenvalue weighted by Crippen LogP contribution is -2.39. The van der Waals surface area contributed by atoms with Crippen molar-refractivity contribution in [2.24, 2.45) is 5.92 Å². The van der Waals surface area contributed by atoms with Gasteiger partial charge in [0.1, 0.15) is 0 Å². The van der Waals surface area contributed by atoms with Gasteiger partial charge in [-0.3, -0.25) is 0 Å². The van der Waals surface area contributed by atoms with Crippen molar-refractivity contribution in [1.82, 2.24) is 9.03 Å². The van der Waals surface area contributed by atoms with Crippen LogP contribution in [0.25, 0.3) is 0 Å². The molecule has 1 aromatic carbocycles. The summed E-state index contributed by atoms with van der Waals surface area (Å²) in [7, 11) is -7.30. The number of nitrogens with one attached hydrogen (secondary N) is 1.